The molecule has 1 heterocycles. The van der Waals surface area contributed by atoms with E-state index >= 15 is 0 Å². The van der Waals surface area contributed by atoms with E-state index in [0.717, 1.165) is 4.90 Å². The number of nitrogens with zero attached hydrogens (tertiary/aromatic N) is 1. The molecule has 0 aromatic heterocycles. The molecule has 1 aliphatic rings. The van der Waals surface area contributed by atoms with E-state index in [4.69, 9.17) is 0 Å². The number of aliphatic hydroxyl groups excluding tert-OH is 1. The third-order valence-corrected chi connectivity index (χ3v) is 4.13. The van der Waals surface area contributed by atoms with Gasteiger partial charge in [0, 0.05) is 12.0 Å². The maximum atomic E-state index is 12.6. The van der Waals surface area contributed by atoms with Gasteiger partial charge in [-0.2, -0.15) is 0 Å². The van der Waals surface area contributed by atoms with Gasteiger partial charge in [0.05, 0.1) is 30.4 Å². The first-order valence-corrected chi connectivity index (χ1v) is 7.70. The predicted molar refractivity (Wildman–Crippen MR) is 87.3 cm³/mol. The van der Waals surface area contributed by atoms with Crippen molar-refractivity contribution in [3.63, 3.8) is 0 Å². The number of imide groups is 1. The Morgan fingerprint density at radius 2 is 1.71 bits per heavy atom. The minimum atomic E-state index is -1.11. The molecule has 0 saturated heterocycles. The minimum absolute atomic E-state index is 0.0804. The summed E-state index contributed by atoms with van der Waals surface area (Å²) < 4.78 is 4.57. The summed E-state index contributed by atoms with van der Waals surface area (Å²) in [6, 6.07) is 5.79. The molecule has 2 rings (SSSR count). The summed E-state index contributed by atoms with van der Waals surface area (Å²) in [5, 5.41) is 10.6. The Morgan fingerprint density at radius 1 is 1.21 bits per heavy atom. The van der Waals surface area contributed by atoms with Crippen LogP contribution in [0.25, 0.3) is 0 Å². The van der Waals surface area contributed by atoms with Crippen LogP contribution in [0.4, 0.5) is 0 Å². The largest absolute Gasteiger partial charge is 0.466 e. The molecule has 0 bridgehead atoms. The molecular formula is C18H21NO5. The van der Waals surface area contributed by atoms with Gasteiger partial charge < -0.3 is 9.84 Å². The number of amides is 2. The van der Waals surface area contributed by atoms with Gasteiger partial charge in [-0.1, -0.05) is 32.6 Å². The highest BCUT2D eigenvalue weighted by Gasteiger charge is 2.43. The Hall–Kier alpha value is -2.47. The van der Waals surface area contributed by atoms with Crippen LogP contribution in [0.5, 0.6) is 0 Å². The minimum Gasteiger partial charge on any atom is -0.466 e. The average Bonchev–Trinajstić information content (AvgIpc) is 2.79. The van der Waals surface area contributed by atoms with Gasteiger partial charge in [-0.3, -0.25) is 14.5 Å². The van der Waals surface area contributed by atoms with Gasteiger partial charge in [0.25, 0.3) is 11.8 Å². The van der Waals surface area contributed by atoms with Crippen LogP contribution in [-0.4, -0.2) is 47.0 Å². The molecule has 128 valence electrons. The molecule has 1 N–H and O–H groups in total. The fourth-order valence-electron chi connectivity index (χ4n) is 2.99. The first-order chi connectivity index (χ1) is 11.3. The zero-order valence-corrected chi connectivity index (χ0v) is 14.0. The lowest BCUT2D eigenvalue weighted by Crippen LogP contribution is -2.50. The highest BCUT2D eigenvalue weighted by Crippen LogP contribution is 2.29. The van der Waals surface area contributed by atoms with E-state index in [9.17, 15) is 19.5 Å². The molecule has 0 fully saturated rings. The second-order valence-corrected chi connectivity index (χ2v) is 6.13. The molecule has 1 aromatic carbocycles. The van der Waals surface area contributed by atoms with Crippen molar-refractivity contribution in [2.75, 3.05) is 7.11 Å². The van der Waals surface area contributed by atoms with Crippen molar-refractivity contribution in [2.45, 2.75) is 32.4 Å². The van der Waals surface area contributed by atoms with Crippen LogP contribution in [0.3, 0.4) is 0 Å². The monoisotopic (exact) mass is 331 g/mol. The SMILES string of the molecule is C=C(C[C@@H](O)[C@H](C(C)C)N1C(=O)c2ccccc2C1=O)C(=O)OC. The molecule has 1 aromatic rings. The highest BCUT2D eigenvalue weighted by atomic mass is 16.5. The number of carbonyl (C=O) groups is 3. The summed E-state index contributed by atoms with van der Waals surface area (Å²) in [5.41, 5.74) is 0.742. The van der Waals surface area contributed by atoms with E-state index in [2.05, 4.69) is 11.3 Å². The maximum Gasteiger partial charge on any atom is 0.333 e. The van der Waals surface area contributed by atoms with Crippen molar-refractivity contribution < 1.29 is 24.2 Å². The molecule has 2 amide bonds. The second kappa shape index (κ2) is 6.97. The van der Waals surface area contributed by atoms with Crippen LogP contribution in [0.1, 0.15) is 41.0 Å². The number of aliphatic hydroxyl groups is 1. The summed E-state index contributed by atoms with van der Waals surface area (Å²) in [6.45, 7) is 7.20. The lowest BCUT2D eigenvalue weighted by atomic mass is 9.92. The van der Waals surface area contributed by atoms with Gasteiger partial charge in [0.2, 0.25) is 0 Å². The van der Waals surface area contributed by atoms with Crippen molar-refractivity contribution >= 4 is 17.8 Å². The van der Waals surface area contributed by atoms with Gasteiger partial charge in [0.15, 0.2) is 0 Å². The van der Waals surface area contributed by atoms with E-state index < -0.39 is 29.9 Å². The molecule has 0 aliphatic carbocycles. The smallest absolute Gasteiger partial charge is 0.333 e. The van der Waals surface area contributed by atoms with Gasteiger partial charge in [0.1, 0.15) is 0 Å². The lowest BCUT2D eigenvalue weighted by molar-refractivity contribution is -0.136. The highest BCUT2D eigenvalue weighted by molar-refractivity contribution is 6.21. The second-order valence-electron chi connectivity index (χ2n) is 6.13. The van der Waals surface area contributed by atoms with Crippen LogP contribution in [0.15, 0.2) is 36.4 Å². The zero-order chi connectivity index (χ0) is 18.0. The van der Waals surface area contributed by atoms with Crippen molar-refractivity contribution in [1.29, 1.82) is 0 Å². The Morgan fingerprint density at radius 3 is 2.12 bits per heavy atom. The summed E-state index contributed by atoms with van der Waals surface area (Å²) in [6.07, 6.45) is -1.19. The fourth-order valence-corrected chi connectivity index (χ4v) is 2.99. The summed E-state index contributed by atoms with van der Waals surface area (Å²) in [4.78, 5) is 37.8. The number of carbonyl (C=O) groups excluding carboxylic acids is 3. The molecular weight excluding hydrogens is 310 g/mol. The zero-order valence-electron chi connectivity index (χ0n) is 14.0. The molecule has 0 radical (unpaired) electrons. The number of fused-ring (bicyclic) bond motifs is 1. The lowest BCUT2D eigenvalue weighted by Gasteiger charge is -2.33. The van der Waals surface area contributed by atoms with Gasteiger partial charge >= 0.3 is 5.97 Å². The fraction of sp³-hybridized carbons (Fsp3) is 0.389. The Balaban J connectivity index is 2.29. The molecule has 0 unspecified atom stereocenters. The van der Waals surface area contributed by atoms with Crippen molar-refractivity contribution in [3.05, 3.63) is 47.5 Å². The van der Waals surface area contributed by atoms with E-state index in [1.165, 1.54) is 7.11 Å². The maximum absolute atomic E-state index is 12.6. The first-order valence-electron chi connectivity index (χ1n) is 7.70. The number of esters is 1. The van der Waals surface area contributed by atoms with E-state index in [1.807, 2.05) is 0 Å². The number of benzene rings is 1. The molecule has 0 spiro atoms. The van der Waals surface area contributed by atoms with E-state index in [0.29, 0.717) is 11.1 Å². The quantitative estimate of drug-likeness (QED) is 0.488. The molecule has 6 nitrogen and oxygen atoms in total. The third kappa shape index (κ3) is 3.10. The molecule has 2 atom stereocenters. The third-order valence-electron chi connectivity index (χ3n) is 4.13. The van der Waals surface area contributed by atoms with Crippen LogP contribution in [0.2, 0.25) is 0 Å². The standard InChI is InChI=1S/C18H21NO5/c1-10(2)15(14(20)9-11(3)18(23)24-4)19-16(21)12-7-5-6-8-13(12)17(19)22/h5-8,10,14-15,20H,3,9H2,1-2,4H3/t14-,15+/m1/s1. The summed E-state index contributed by atoms with van der Waals surface area (Å²) in [7, 11) is 1.23. The molecule has 24 heavy (non-hydrogen) atoms. The topological polar surface area (TPSA) is 83.9 Å². The number of ether oxygens (including phenoxy) is 1. The Kier molecular flexibility index (Phi) is 5.19. The van der Waals surface area contributed by atoms with Crippen molar-refractivity contribution in [2.24, 2.45) is 5.92 Å². The van der Waals surface area contributed by atoms with Crippen molar-refractivity contribution in [1.82, 2.24) is 4.90 Å². The van der Waals surface area contributed by atoms with Crippen molar-refractivity contribution in [3.8, 4) is 0 Å². The molecule has 1 aliphatic heterocycles. The number of methoxy groups -OCH3 is 1. The van der Waals surface area contributed by atoms with E-state index in [-0.39, 0.29) is 17.9 Å². The predicted octanol–water partition coefficient (Wildman–Crippen LogP) is 1.79. The van der Waals surface area contributed by atoms with Crippen LogP contribution in [0, 0.1) is 5.92 Å². The Labute approximate surface area is 140 Å². The first kappa shape index (κ1) is 17.9. The Bertz CT molecular complexity index is 659. The normalized spacial score (nSPS) is 16.1. The van der Waals surface area contributed by atoms with E-state index in [1.54, 1.807) is 38.1 Å². The molecule has 0 saturated carbocycles. The van der Waals surface area contributed by atoms with Crippen LogP contribution in [-0.2, 0) is 9.53 Å². The van der Waals surface area contributed by atoms with Gasteiger partial charge in [-0.15, -0.1) is 0 Å². The number of rotatable bonds is 6. The molecule has 6 heteroatoms. The summed E-state index contributed by atoms with van der Waals surface area (Å²) >= 11 is 0. The average molecular weight is 331 g/mol. The van der Waals surface area contributed by atoms with Crippen LogP contribution < -0.4 is 0 Å². The summed E-state index contributed by atoms with van der Waals surface area (Å²) in [5.74, 6) is -1.69. The van der Waals surface area contributed by atoms with Gasteiger partial charge in [-0.25, -0.2) is 4.79 Å². The number of hydrogen-bond acceptors (Lipinski definition) is 5. The van der Waals surface area contributed by atoms with Gasteiger partial charge in [-0.05, 0) is 18.1 Å². The van der Waals surface area contributed by atoms with Crippen LogP contribution >= 0.6 is 0 Å². The number of hydrogen-bond donors (Lipinski definition) is 1.